The van der Waals surface area contributed by atoms with Gasteiger partial charge in [-0.05, 0) is 12.1 Å². The average Bonchev–Trinajstić information content (AvgIpc) is 2.37. The molecule has 0 saturated heterocycles. The number of aromatic hydroxyl groups is 2. The number of ether oxygens (including phenoxy) is 1. The summed E-state index contributed by atoms with van der Waals surface area (Å²) in [5.41, 5.74) is 0.413. The first-order valence-corrected chi connectivity index (χ1v) is 5.32. The van der Waals surface area contributed by atoms with Gasteiger partial charge in [-0.2, -0.15) is 9.97 Å². The van der Waals surface area contributed by atoms with E-state index in [2.05, 4.69) is 20.3 Å². The molecule has 104 valence electrons. The van der Waals surface area contributed by atoms with Gasteiger partial charge >= 0.3 is 18.0 Å². The number of rotatable bonds is 4. The summed E-state index contributed by atoms with van der Waals surface area (Å²) in [4.78, 5) is 21.2. The lowest BCUT2D eigenvalue weighted by atomic mass is 10.2. The van der Waals surface area contributed by atoms with Gasteiger partial charge in [0.05, 0.1) is 7.11 Å². The highest BCUT2D eigenvalue weighted by atomic mass is 16.5. The summed E-state index contributed by atoms with van der Waals surface area (Å²) in [5, 5.41) is 29.9. The van der Waals surface area contributed by atoms with Crippen molar-refractivity contribution in [3.63, 3.8) is 0 Å². The Morgan fingerprint density at radius 3 is 2.40 bits per heavy atom. The van der Waals surface area contributed by atoms with Gasteiger partial charge < -0.3 is 25.4 Å². The molecule has 0 radical (unpaired) electrons. The molecule has 2 aromatic rings. The van der Waals surface area contributed by atoms with E-state index in [1.807, 2.05) is 0 Å². The van der Waals surface area contributed by atoms with E-state index in [-0.39, 0.29) is 17.3 Å². The van der Waals surface area contributed by atoms with E-state index in [0.29, 0.717) is 5.69 Å². The maximum Gasteiger partial charge on any atom is 0.339 e. The largest absolute Gasteiger partial charge is 0.496 e. The Labute approximate surface area is 112 Å². The number of aromatic nitrogens is 3. The minimum absolute atomic E-state index is 0.000564. The lowest BCUT2D eigenvalue weighted by Gasteiger charge is -2.09. The van der Waals surface area contributed by atoms with Crippen LogP contribution in [0.5, 0.6) is 17.8 Å². The Balaban J connectivity index is 2.32. The van der Waals surface area contributed by atoms with Crippen LogP contribution in [-0.4, -0.2) is 43.4 Å². The van der Waals surface area contributed by atoms with Crippen molar-refractivity contribution < 1.29 is 24.9 Å². The number of nitrogens with zero attached hydrogens (tertiary/aromatic N) is 3. The third kappa shape index (κ3) is 2.83. The topological polar surface area (TPSA) is 138 Å². The molecule has 9 nitrogen and oxygen atoms in total. The summed E-state index contributed by atoms with van der Waals surface area (Å²) < 4.78 is 4.96. The zero-order valence-corrected chi connectivity index (χ0v) is 10.2. The molecule has 0 unspecified atom stereocenters. The van der Waals surface area contributed by atoms with Crippen LogP contribution in [0.15, 0.2) is 18.2 Å². The Morgan fingerprint density at radius 1 is 1.20 bits per heavy atom. The van der Waals surface area contributed by atoms with E-state index >= 15 is 0 Å². The number of aromatic carboxylic acids is 1. The van der Waals surface area contributed by atoms with Gasteiger partial charge in [-0.25, -0.2) is 4.79 Å². The third-order valence-electron chi connectivity index (χ3n) is 2.30. The molecule has 0 saturated carbocycles. The standard InChI is InChI=1S/C11H10N4O5/c1-20-7-4-5(2-3-6(7)8(16)17)12-9-13-10(18)15-11(19)14-9/h2-4H,1H3,(H,16,17)(H3,12,13,14,15,18,19). The molecule has 1 aromatic carbocycles. The molecule has 20 heavy (non-hydrogen) atoms. The number of nitrogens with one attached hydrogen (secondary N) is 1. The number of carboxylic acids is 1. The summed E-state index contributed by atoms with van der Waals surface area (Å²) in [5.74, 6) is -1.08. The lowest BCUT2D eigenvalue weighted by Crippen LogP contribution is -2.02. The van der Waals surface area contributed by atoms with Crippen LogP contribution in [0.1, 0.15) is 10.4 Å². The first-order valence-electron chi connectivity index (χ1n) is 5.32. The fourth-order valence-corrected chi connectivity index (χ4v) is 1.48. The van der Waals surface area contributed by atoms with Gasteiger partial charge in [-0.3, -0.25) is 0 Å². The number of anilines is 2. The molecule has 0 spiro atoms. The van der Waals surface area contributed by atoms with Crippen LogP contribution in [0.25, 0.3) is 0 Å². The maximum atomic E-state index is 10.9. The van der Waals surface area contributed by atoms with Crippen LogP contribution in [0.4, 0.5) is 11.6 Å². The van der Waals surface area contributed by atoms with E-state index in [9.17, 15) is 4.79 Å². The molecular formula is C11H10N4O5. The van der Waals surface area contributed by atoms with E-state index < -0.39 is 18.0 Å². The Morgan fingerprint density at radius 2 is 1.85 bits per heavy atom. The van der Waals surface area contributed by atoms with Gasteiger partial charge in [0.25, 0.3) is 0 Å². The van der Waals surface area contributed by atoms with Crippen molar-refractivity contribution in [2.75, 3.05) is 12.4 Å². The van der Waals surface area contributed by atoms with Crippen molar-refractivity contribution in [3.05, 3.63) is 23.8 Å². The fraction of sp³-hybridized carbons (Fsp3) is 0.0909. The Bertz CT molecular complexity index is 641. The number of carboxylic acid groups (broad SMARTS) is 1. The van der Waals surface area contributed by atoms with Crippen molar-refractivity contribution in [3.8, 4) is 17.8 Å². The van der Waals surface area contributed by atoms with Crippen LogP contribution < -0.4 is 10.1 Å². The summed E-state index contributed by atoms with van der Waals surface area (Å²) in [7, 11) is 1.34. The molecule has 1 aromatic heterocycles. The van der Waals surface area contributed by atoms with E-state index in [1.54, 1.807) is 0 Å². The van der Waals surface area contributed by atoms with Crippen LogP contribution in [0.2, 0.25) is 0 Å². The molecule has 0 aliphatic carbocycles. The third-order valence-corrected chi connectivity index (χ3v) is 2.30. The van der Waals surface area contributed by atoms with Crippen LogP contribution in [0.3, 0.4) is 0 Å². The highest BCUT2D eigenvalue weighted by molar-refractivity contribution is 5.91. The van der Waals surface area contributed by atoms with Crippen LogP contribution >= 0.6 is 0 Å². The normalized spacial score (nSPS) is 10.1. The summed E-state index contributed by atoms with van der Waals surface area (Å²) in [6.45, 7) is 0. The predicted octanol–water partition coefficient (Wildman–Crippen LogP) is 0.733. The molecule has 9 heteroatoms. The summed E-state index contributed by atoms with van der Waals surface area (Å²) in [6.07, 6.45) is 0. The summed E-state index contributed by atoms with van der Waals surface area (Å²) >= 11 is 0. The molecule has 0 fully saturated rings. The van der Waals surface area contributed by atoms with E-state index in [1.165, 1.54) is 25.3 Å². The number of benzene rings is 1. The first-order chi connectivity index (χ1) is 9.49. The second-order valence-electron chi connectivity index (χ2n) is 3.60. The second kappa shape index (κ2) is 5.26. The smallest absolute Gasteiger partial charge is 0.339 e. The van der Waals surface area contributed by atoms with Gasteiger partial charge in [0.2, 0.25) is 5.95 Å². The predicted molar refractivity (Wildman–Crippen MR) is 66.4 cm³/mol. The minimum Gasteiger partial charge on any atom is -0.496 e. The van der Waals surface area contributed by atoms with Gasteiger partial charge in [0.1, 0.15) is 11.3 Å². The summed E-state index contributed by atoms with van der Waals surface area (Å²) in [6, 6.07) is 2.93. The molecule has 0 aliphatic heterocycles. The van der Waals surface area contributed by atoms with Crippen LogP contribution in [-0.2, 0) is 0 Å². The molecule has 1 heterocycles. The van der Waals surface area contributed by atoms with Crippen molar-refractivity contribution >= 4 is 17.6 Å². The fourth-order valence-electron chi connectivity index (χ4n) is 1.48. The van der Waals surface area contributed by atoms with Gasteiger partial charge in [-0.15, -0.1) is 4.98 Å². The van der Waals surface area contributed by atoms with E-state index in [0.717, 1.165) is 0 Å². The van der Waals surface area contributed by atoms with Gasteiger partial charge in [0.15, 0.2) is 0 Å². The van der Waals surface area contributed by atoms with Crippen molar-refractivity contribution in [2.24, 2.45) is 0 Å². The quantitative estimate of drug-likeness (QED) is 0.637. The average molecular weight is 278 g/mol. The SMILES string of the molecule is COc1cc(Nc2nc(O)nc(O)n2)ccc1C(=O)O. The Kier molecular flexibility index (Phi) is 3.51. The van der Waals surface area contributed by atoms with E-state index in [4.69, 9.17) is 20.1 Å². The highest BCUT2D eigenvalue weighted by Crippen LogP contribution is 2.25. The number of hydrogen-bond acceptors (Lipinski definition) is 8. The maximum absolute atomic E-state index is 10.9. The lowest BCUT2D eigenvalue weighted by molar-refractivity contribution is 0.0693. The van der Waals surface area contributed by atoms with Gasteiger partial charge in [-0.1, -0.05) is 0 Å². The molecule has 0 aliphatic rings. The highest BCUT2D eigenvalue weighted by Gasteiger charge is 2.12. The monoisotopic (exact) mass is 278 g/mol. The molecule has 4 N–H and O–H groups in total. The number of carbonyl (C=O) groups is 1. The molecular weight excluding hydrogens is 268 g/mol. The minimum atomic E-state index is -1.12. The second-order valence-corrected chi connectivity index (χ2v) is 3.60. The van der Waals surface area contributed by atoms with Crippen molar-refractivity contribution in [1.82, 2.24) is 15.0 Å². The molecule has 0 amide bonds. The zero-order chi connectivity index (χ0) is 14.7. The Hall–Kier alpha value is -3.10. The zero-order valence-electron chi connectivity index (χ0n) is 10.2. The molecule has 0 atom stereocenters. The number of methoxy groups -OCH3 is 1. The van der Waals surface area contributed by atoms with Crippen molar-refractivity contribution in [1.29, 1.82) is 0 Å². The molecule has 2 rings (SSSR count). The van der Waals surface area contributed by atoms with Crippen molar-refractivity contribution in [2.45, 2.75) is 0 Å². The van der Waals surface area contributed by atoms with Gasteiger partial charge in [0, 0.05) is 11.8 Å². The van der Waals surface area contributed by atoms with Crippen LogP contribution in [0, 0.1) is 0 Å². The molecule has 0 bridgehead atoms. The first kappa shape index (κ1) is 13.3. The number of hydrogen-bond donors (Lipinski definition) is 4.